The summed E-state index contributed by atoms with van der Waals surface area (Å²) in [6.45, 7) is 0.360. The zero-order chi connectivity index (χ0) is 21.5. The van der Waals surface area contributed by atoms with Crippen molar-refractivity contribution in [3.63, 3.8) is 0 Å². The minimum Gasteiger partial charge on any atom is -0.483 e. The molecule has 0 aromatic heterocycles. The Morgan fingerprint density at radius 1 is 1.03 bits per heavy atom. The fourth-order valence-corrected chi connectivity index (χ4v) is 5.33. The van der Waals surface area contributed by atoms with E-state index in [0.29, 0.717) is 31.4 Å². The second-order valence-corrected chi connectivity index (χ2v) is 9.06. The summed E-state index contributed by atoms with van der Waals surface area (Å²) < 4.78 is 21.0. The van der Waals surface area contributed by atoms with Gasteiger partial charge in [0.05, 0.1) is 17.5 Å². The van der Waals surface area contributed by atoms with Crippen molar-refractivity contribution in [3.8, 4) is 0 Å². The van der Waals surface area contributed by atoms with Crippen molar-refractivity contribution >= 4 is 23.3 Å². The van der Waals surface area contributed by atoms with Crippen LogP contribution in [0.4, 0.5) is 4.39 Å². The highest BCUT2D eigenvalue weighted by Crippen LogP contribution is 2.47. The van der Waals surface area contributed by atoms with Gasteiger partial charge in [-0.05, 0) is 37.3 Å². The predicted octanol–water partition coefficient (Wildman–Crippen LogP) is 4.58. The van der Waals surface area contributed by atoms with E-state index in [0.717, 1.165) is 12.0 Å². The number of benzene rings is 2. The van der Waals surface area contributed by atoms with Gasteiger partial charge in [-0.2, -0.15) is 0 Å². The summed E-state index contributed by atoms with van der Waals surface area (Å²) in [5.41, 5.74) is 1.68. The third-order valence-electron chi connectivity index (χ3n) is 6.56. The molecule has 31 heavy (non-hydrogen) atoms. The molecule has 2 aromatic rings. The van der Waals surface area contributed by atoms with Crippen molar-refractivity contribution in [2.45, 2.75) is 43.2 Å². The lowest BCUT2D eigenvalue weighted by atomic mass is 9.77. The average Bonchev–Trinajstić information content (AvgIpc) is 3.06. The first kappa shape index (κ1) is 20.3. The van der Waals surface area contributed by atoms with Gasteiger partial charge in [-0.15, -0.1) is 11.6 Å². The first-order valence-corrected chi connectivity index (χ1v) is 11.2. The molecule has 5 rings (SSSR count). The number of hydrogen-bond acceptors (Lipinski definition) is 3. The summed E-state index contributed by atoms with van der Waals surface area (Å²) in [5, 5.41) is -0.0888. The summed E-state index contributed by atoms with van der Waals surface area (Å²) in [6.07, 6.45) is 2.18. The fraction of sp³-hybridized carbons (Fsp3) is 0.360. The number of carbonyl (C=O) groups is 2. The monoisotopic (exact) mass is 439 g/mol. The van der Waals surface area contributed by atoms with E-state index in [4.69, 9.17) is 16.3 Å². The molecule has 3 aliphatic rings. The van der Waals surface area contributed by atoms with Gasteiger partial charge in [-0.3, -0.25) is 9.59 Å². The molecule has 4 nitrogen and oxygen atoms in total. The molecule has 4 atom stereocenters. The Bertz CT molecular complexity index is 1050. The van der Waals surface area contributed by atoms with Crippen LogP contribution in [-0.4, -0.2) is 34.6 Å². The van der Waals surface area contributed by atoms with Gasteiger partial charge in [0.25, 0.3) is 5.91 Å². The van der Waals surface area contributed by atoms with Crippen molar-refractivity contribution in [3.05, 3.63) is 82.9 Å². The maximum atomic E-state index is 14.9. The molecule has 1 fully saturated rings. The van der Waals surface area contributed by atoms with E-state index < -0.39 is 11.9 Å². The molecule has 1 saturated carbocycles. The largest absolute Gasteiger partial charge is 0.483 e. The van der Waals surface area contributed by atoms with Crippen LogP contribution in [0.5, 0.6) is 0 Å². The van der Waals surface area contributed by atoms with E-state index in [1.165, 1.54) is 6.07 Å². The number of halogens is 2. The number of rotatable bonds is 4. The van der Waals surface area contributed by atoms with Gasteiger partial charge < -0.3 is 9.64 Å². The maximum Gasteiger partial charge on any atom is 0.290 e. The molecule has 160 valence electrons. The number of amides is 1. The molecule has 1 aliphatic carbocycles. The number of alkyl halides is 1. The Hall–Kier alpha value is -2.66. The fourth-order valence-electron chi connectivity index (χ4n) is 5.01. The Morgan fingerprint density at radius 2 is 1.77 bits per heavy atom. The highest BCUT2D eigenvalue weighted by atomic mass is 35.5. The Labute approximate surface area is 185 Å². The van der Waals surface area contributed by atoms with E-state index in [1.807, 2.05) is 30.3 Å². The number of nitrogens with zero attached hydrogens (tertiary/aromatic N) is 1. The van der Waals surface area contributed by atoms with E-state index >= 15 is 0 Å². The lowest BCUT2D eigenvalue weighted by molar-refractivity contribution is -0.135. The lowest BCUT2D eigenvalue weighted by Crippen LogP contribution is -2.42. The molecule has 2 aliphatic heterocycles. The molecule has 0 spiro atoms. The minimum absolute atomic E-state index is 0.0888. The van der Waals surface area contributed by atoms with Crippen LogP contribution in [0.3, 0.4) is 0 Å². The Kier molecular flexibility index (Phi) is 5.30. The molecule has 4 unspecified atom stereocenters. The van der Waals surface area contributed by atoms with Crippen LogP contribution >= 0.6 is 11.6 Å². The normalized spacial score (nSPS) is 27.7. The molecule has 0 N–H and O–H groups in total. The van der Waals surface area contributed by atoms with Gasteiger partial charge in [0.2, 0.25) is 0 Å². The second kappa shape index (κ2) is 8.12. The Morgan fingerprint density at radius 3 is 2.55 bits per heavy atom. The van der Waals surface area contributed by atoms with Crippen molar-refractivity contribution in [1.29, 1.82) is 0 Å². The van der Waals surface area contributed by atoms with Crippen LogP contribution in [0.25, 0.3) is 0 Å². The molecule has 0 bridgehead atoms. The number of ether oxygens (including phenoxy) is 1. The number of hydrogen-bond donors (Lipinski definition) is 0. The second-order valence-electron chi connectivity index (χ2n) is 8.44. The van der Waals surface area contributed by atoms with Crippen molar-refractivity contribution < 1.29 is 18.7 Å². The number of fused-ring (bicyclic) bond motifs is 1. The van der Waals surface area contributed by atoms with Gasteiger partial charge in [0, 0.05) is 17.5 Å². The molecule has 1 amide bonds. The van der Waals surface area contributed by atoms with Gasteiger partial charge in [0.1, 0.15) is 11.9 Å². The summed E-state index contributed by atoms with van der Waals surface area (Å²) in [7, 11) is 0. The molecule has 0 saturated heterocycles. The third kappa shape index (κ3) is 3.55. The lowest BCUT2D eigenvalue weighted by Gasteiger charge is -2.37. The van der Waals surface area contributed by atoms with Gasteiger partial charge in [-0.25, -0.2) is 4.39 Å². The molecule has 2 aromatic carbocycles. The van der Waals surface area contributed by atoms with Crippen LogP contribution in [0.1, 0.15) is 36.4 Å². The quantitative estimate of drug-likeness (QED) is 0.655. The number of ketones is 1. The summed E-state index contributed by atoms with van der Waals surface area (Å²) >= 11 is 6.34. The molecular formula is C25H23ClFNO3. The highest BCUT2D eigenvalue weighted by Gasteiger charge is 2.53. The van der Waals surface area contributed by atoms with Crippen molar-refractivity contribution in [1.82, 2.24) is 4.90 Å². The first-order valence-electron chi connectivity index (χ1n) is 10.7. The molecular weight excluding hydrogens is 417 g/mol. The van der Waals surface area contributed by atoms with Crippen LogP contribution in [0, 0.1) is 11.7 Å². The molecule has 2 heterocycles. The SMILES string of the molecule is O=C1C2=C(OC3CCC(Cl)CC13)C(=O)N(CCc1ccccc1)C2c1ccccc1F. The minimum atomic E-state index is -0.781. The number of Topliss-reactive ketones (excluding diaryl/α,β-unsaturated/α-hetero) is 1. The van der Waals surface area contributed by atoms with E-state index in [9.17, 15) is 14.0 Å². The van der Waals surface area contributed by atoms with Crippen LogP contribution in [0.15, 0.2) is 65.9 Å². The smallest absolute Gasteiger partial charge is 0.290 e. The van der Waals surface area contributed by atoms with Crippen LogP contribution in [0.2, 0.25) is 0 Å². The van der Waals surface area contributed by atoms with Crippen LogP contribution in [-0.2, 0) is 20.7 Å². The topological polar surface area (TPSA) is 46.6 Å². The standard InChI is InChI=1S/C25H23ClFNO3/c26-16-10-11-20-18(14-16)23(29)21-22(17-8-4-5-9-19(17)27)28(25(30)24(21)31-20)13-12-15-6-2-1-3-7-15/h1-9,16,18,20,22H,10-14H2. The zero-order valence-corrected chi connectivity index (χ0v) is 17.7. The maximum absolute atomic E-state index is 14.9. The molecule has 6 heteroatoms. The van der Waals surface area contributed by atoms with E-state index in [1.54, 1.807) is 23.1 Å². The van der Waals surface area contributed by atoms with Gasteiger partial charge in [0.15, 0.2) is 11.5 Å². The third-order valence-corrected chi connectivity index (χ3v) is 6.96. The number of carbonyl (C=O) groups excluding carboxylic acids is 2. The van der Waals surface area contributed by atoms with Gasteiger partial charge in [-0.1, -0.05) is 48.5 Å². The van der Waals surface area contributed by atoms with Crippen molar-refractivity contribution in [2.75, 3.05) is 6.54 Å². The van der Waals surface area contributed by atoms with Gasteiger partial charge >= 0.3 is 0 Å². The first-order chi connectivity index (χ1) is 15.0. The highest BCUT2D eigenvalue weighted by molar-refractivity contribution is 6.21. The summed E-state index contributed by atoms with van der Waals surface area (Å²) in [6, 6.07) is 15.4. The van der Waals surface area contributed by atoms with E-state index in [2.05, 4.69) is 0 Å². The zero-order valence-electron chi connectivity index (χ0n) is 17.0. The summed E-state index contributed by atoms with van der Waals surface area (Å²) in [5.74, 6) is -1.18. The Balaban J connectivity index is 1.53. The average molecular weight is 440 g/mol. The van der Waals surface area contributed by atoms with Crippen molar-refractivity contribution in [2.24, 2.45) is 5.92 Å². The predicted molar refractivity (Wildman–Crippen MR) is 115 cm³/mol. The molecule has 0 radical (unpaired) electrons. The van der Waals surface area contributed by atoms with E-state index in [-0.39, 0.29) is 40.4 Å². The van der Waals surface area contributed by atoms with Crippen LogP contribution < -0.4 is 0 Å². The summed E-state index contributed by atoms with van der Waals surface area (Å²) in [4.78, 5) is 28.5.